The van der Waals surface area contributed by atoms with Gasteiger partial charge in [-0.2, -0.15) is 0 Å². The molecule has 0 bridgehead atoms. The van der Waals surface area contributed by atoms with Crippen molar-refractivity contribution in [3.05, 3.63) is 36.5 Å². The highest BCUT2D eigenvalue weighted by atomic mass is 32.2. The van der Waals surface area contributed by atoms with E-state index in [2.05, 4.69) is 33.1 Å². The van der Waals surface area contributed by atoms with E-state index < -0.39 is 0 Å². The van der Waals surface area contributed by atoms with Gasteiger partial charge in [0.25, 0.3) is 0 Å². The predicted octanol–water partition coefficient (Wildman–Crippen LogP) is 2.51. The SMILES string of the molecule is C=CC(=C)C[SH+]CC=C(C)C. The van der Waals surface area contributed by atoms with Crippen molar-refractivity contribution in [3.8, 4) is 0 Å². The van der Waals surface area contributed by atoms with Crippen LogP contribution in [0.15, 0.2) is 36.5 Å². The minimum absolute atomic E-state index is 1.05. The molecule has 0 radical (unpaired) electrons. The highest BCUT2D eigenvalue weighted by Crippen LogP contribution is 1.94. The standard InChI is InChI=1S/C10H16S/c1-5-10(4)8-11-7-6-9(2)3/h5-6H,1,4,7-8H2,2-3H3/p+1. The smallest absolute Gasteiger partial charge is 0.0986 e. The first-order chi connectivity index (χ1) is 5.16. The number of rotatable bonds is 5. The summed E-state index contributed by atoms with van der Waals surface area (Å²) in [7, 11) is 0. The van der Waals surface area contributed by atoms with Crippen LogP contribution in [-0.4, -0.2) is 11.5 Å². The largest absolute Gasteiger partial charge is 0.130 e. The molecule has 0 aromatic rings. The van der Waals surface area contributed by atoms with E-state index in [1.165, 1.54) is 17.3 Å². The van der Waals surface area contributed by atoms with E-state index in [1.807, 2.05) is 6.08 Å². The van der Waals surface area contributed by atoms with E-state index in [0.29, 0.717) is 0 Å². The second kappa shape index (κ2) is 6.29. The van der Waals surface area contributed by atoms with Gasteiger partial charge in [-0.05, 0) is 37.3 Å². The van der Waals surface area contributed by atoms with Gasteiger partial charge in [-0.25, -0.2) is 0 Å². The van der Waals surface area contributed by atoms with Crippen LogP contribution in [-0.2, 0) is 11.8 Å². The van der Waals surface area contributed by atoms with Gasteiger partial charge in [-0.1, -0.05) is 24.8 Å². The first-order valence-electron chi connectivity index (χ1n) is 3.73. The van der Waals surface area contributed by atoms with Crippen LogP contribution in [0.5, 0.6) is 0 Å². The zero-order valence-electron chi connectivity index (χ0n) is 7.43. The maximum Gasteiger partial charge on any atom is 0.130 e. The van der Waals surface area contributed by atoms with Crippen LogP contribution < -0.4 is 0 Å². The van der Waals surface area contributed by atoms with Crippen LogP contribution in [0.25, 0.3) is 0 Å². The van der Waals surface area contributed by atoms with Crippen LogP contribution in [0.2, 0.25) is 0 Å². The molecular weight excluding hydrogens is 152 g/mol. The minimum atomic E-state index is 1.05. The quantitative estimate of drug-likeness (QED) is 0.195. The maximum atomic E-state index is 3.84. The molecule has 0 aliphatic rings. The third-order valence-corrected chi connectivity index (χ3v) is 2.30. The van der Waals surface area contributed by atoms with Crippen LogP contribution in [0.4, 0.5) is 0 Å². The third kappa shape index (κ3) is 7.47. The van der Waals surface area contributed by atoms with Crippen molar-refractivity contribution in [2.24, 2.45) is 0 Å². The summed E-state index contributed by atoms with van der Waals surface area (Å²) in [5.74, 6) is 2.18. The van der Waals surface area contributed by atoms with Gasteiger partial charge in [0.05, 0.1) is 0 Å². The van der Waals surface area contributed by atoms with E-state index in [-0.39, 0.29) is 0 Å². The number of allylic oxidation sites excluding steroid dienone is 2. The molecule has 0 atom stereocenters. The molecule has 0 amide bonds. The van der Waals surface area contributed by atoms with E-state index in [9.17, 15) is 0 Å². The molecular formula is C10H17S+. The van der Waals surface area contributed by atoms with E-state index in [1.54, 1.807) is 0 Å². The van der Waals surface area contributed by atoms with Crippen LogP contribution in [0.3, 0.4) is 0 Å². The third-order valence-electron chi connectivity index (χ3n) is 1.23. The first kappa shape index (κ1) is 10.6. The lowest BCUT2D eigenvalue weighted by Gasteiger charge is -1.89. The summed E-state index contributed by atoms with van der Waals surface area (Å²) in [5.41, 5.74) is 2.52. The normalized spacial score (nSPS) is 8.91. The molecule has 0 N–H and O–H groups in total. The Bertz CT molecular complexity index is 162. The summed E-state index contributed by atoms with van der Waals surface area (Å²) >= 11 is 1.42. The summed E-state index contributed by atoms with van der Waals surface area (Å²) in [6.45, 7) is 11.7. The molecule has 0 aromatic carbocycles. The number of hydrogen-bond donors (Lipinski definition) is 0. The molecule has 11 heavy (non-hydrogen) atoms. The molecule has 0 aromatic heterocycles. The van der Waals surface area contributed by atoms with Gasteiger partial charge in [-0.15, -0.1) is 0 Å². The fourth-order valence-corrected chi connectivity index (χ4v) is 1.56. The van der Waals surface area contributed by atoms with Gasteiger partial charge in [0.15, 0.2) is 0 Å². The molecule has 0 heterocycles. The summed E-state index contributed by atoms with van der Waals surface area (Å²) in [6, 6.07) is 0. The van der Waals surface area contributed by atoms with E-state index in [0.717, 1.165) is 17.1 Å². The average molecular weight is 169 g/mol. The average Bonchev–Trinajstić information content (AvgIpc) is 1.97. The van der Waals surface area contributed by atoms with Crippen molar-refractivity contribution in [2.45, 2.75) is 13.8 Å². The van der Waals surface area contributed by atoms with Crippen molar-refractivity contribution in [1.82, 2.24) is 0 Å². The summed E-state index contributed by atoms with van der Waals surface area (Å²) in [6.07, 6.45) is 4.08. The van der Waals surface area contributed by atoms with Gasteiger partial charge in [-0.3, -0.25) is 0 Å². The topological polar surface area (TPSA) is 0 Å². The highest BCUT2D eigenvalue weighted by Gasteiger charge is 1.94. The fourth-order valence-electron chi connectivity index (χ4n) is 0.520. The van der Waals surface area contributed by atoms with Gasteiger partial charge in [0.2, 0.25) is 0 Å². The minimum Gasteiger partial charge on any atom is -0.0986 e. The van der Waals surface area contributed by atoms with Gasteiger partial charge < -0.3 is 0 Å². The molecule has 0 rings (SSSR count). The highest BCUT2D eigenvalue weighted by molar-refractivity contribution is 7.78. The Hall–Kier alpha value is -0.430. The predicted molar refractivity (Wildman–Crippen MR) is 57.3 cm³/mol. The molecule has 0 fully saturated rings. The first-order valence-corrected chi connectivity index (χ1v) is 5.00. The zero-order valence-corrected chi connectivity index (χ0v) is 8.32. The van der Waals surface area contributed by atoms with Crippen LogP contribution >= 0.6 is 0 Å². The lowest BCUT2D eigenvalue weighted by molar-refractivity contribution is 1.37. The lowest BCUT2D eigenvalue weighted by Crippen LogP contribution is -1.93. The molecule has 0 spiro atoms. The Morgan fingerprint density at radius 2 is 2.09 bits per heavy atom. The fraction of sp³-hybridized carbons (Fsp3) is 0.400. The second-order valence-electron chi connectivity index (χ2n) is 2.71. The van der Waals surface area contributed by atoms with Gasteiger partial charge >= 0.3 is 0 Å². The maximum absolute atomic E-state index is 3.84. The summed E-state index contributed by atoms with van der Waals surface area (Å²) in [5, 5.41) is 0. The Morgan fingerprint density at radius 3 is 2.55 bits per heavy atom. The molecule has 0 nitrogen and oxygen atoms in total. The zero-order chi connectivity index (χ0) is 8.69. The van der Waals surface area contributed by atoms with Crippen molar-refractivity contribution >= 4 is 11.8 Å². The van der Waals surface area contributed by atoms with E-state index >= 15 is 0 Å². The van der Waals surface area contributed by atoms with Crippen molar-refractivity contribution in [1.29, 1.82) is 0 Å². The second-order valence-corrected chi connectivity index (χ2v) is 3.84. The van der Waals surface area contributed by atoms with Crippen LogP contribution in [0, 0.1) is 0 Å². The van der Waals surface area contributed by atoms with E-state index in [4.69, 9.17) is 0 Å². The van der Waals surface area contributed by atoms with Gasteiger partial charge in [0.1, 0.15) is 11.5 Å². The van der Waals surface area contributed by atoms with Gasteiger partial charge in [0, 0.05) is 0 Å². The lowest BCUT2D eigenvalue weighted by atomic mass is 10.3. The molecule has 62 valence electrons. The molecule has 1 heteroatoms. The van der Waals surface area contributed by atoms with Crippen LogP contribution in [0.1, 0.15) is 13.8 Å². The number of thiol groups is 1. The Labute approximate surface area is 74.1 Å². The molecule has 0 saturated carbocycles. The van der Waals surface area contributed by atoms with Crippen molar-refractivity contribution in [2.75, 3.05) is 11.5 Å². The Balaban J connectivity index is 3.35. The molecule has 0 aliphatic heterocycles. The molecule has 0 saturated heterocycles. The molecule has 0 aliphatic carbocycles. The Morgan fingerprint density at radius 1 is 1.45 bits per heavy atom. The summed E-state index contributed by atoms with van der Waals surface area (Å²) in [4.78, 5) is 0. The Kier molecular flexibility index (Phi) is 6.05. The number of hydrogen-bond acceptors (Lipinski definition) is 0. The molecule has 0 unspecified atom stereocenters. The van der Waals surface area contributed by atoms with Crippen molar-refractivity contribution in [3.63, 3.8) is 0 Å². The summed E-state index contributed by atoms with van der Waals surface area (Å²) < 4.78 is 0. The van der Waals surface area contributed by atoms with Crippen molar-refractivity contribution < 1.29 is 0 Å². The monoisotopic (exact) mass is 169 g/mol.